The summed E-state index contributed by atoms with van der Waals surface area (Å²) in [4.78, 5) is 25.4. The highest BCUT2D eigenvalue weighted by molar-refractivity contribution is 5.76. The summed E-state index contributed by atoms with van der Waals surface area (Å²) in [6.45, 7) is 4.95. The molecule has 1 fully saturated rings. The maximum absolute atomic E-state index is 12.9. The van der Waals surface area contributed by atoms with Crippen LogP contribution in [0, 0.1) is 11.3 Å². The summed E-state index contributed by atoms with van der Waals surface area (Å²) >= 11 is 0. The smallest absolute Gasteiger partial charge is 0.244 e. The molecule has 0 saturated carbocycles. The fourth-order valence-electron chi connectivity index (χ4n) is 3.60. The Hall–Kier alpha value is -3.73. The minimum atomic E-state index is 0.0544. The molecule has 0 radical (unpaired) electrons. The Morgan fingerprint density at radius 1 is 1.10 bits per heavy atom. The van der Waals surface area contributed by atoms with Gasteiger partial charge in [-0.25, -0.2) is 9.97 Å². The maximum Gasteiger partial charge on any atom is 0.244 e. The van der Waals surface area contributed by atoms with Crippen molar-refractivity contribution in [2.24, 2.45) is 0 Å². The highest BCUT2D eigenvalue weighted by atomic mass is 16.2. The van der Waals surface area contributed by atoms with Gasteiger partial charge in [0, 0.05) is 49.8 Å². The number of benzene rings is 1. The Morgan fingerprint density at radius 2 is 1.87 bits per heavy atom. The van der Waals surface area contributed by atoms with Gasteiger partial charge in [-0.15, -0.1) is 0 Å². The Labute approximate surface area is 175 Å². The van der Waals surface area contributed by atoms with Crippen molar-refractivity contribution >= 4 is 11.9 Å². The standard InChI is InChI=1S/C22H23N7O/c1-2-19-14-20(18-6-3-5-17(13-18)15-23)26-29(19)16-21(30)27-9-11-28(12-10-27)22-24-7-4-8-25-22/h3-8,13-14H,2,9-12,16H2,1H3. The van der Waals surface area contributed by atoms with Gasteiger partial charge in [-0.3, -0.25) is 9.48 Å². The second kappa shape index (κ2) is 8.74. The number of rotatable bonds is 5. The number of aromatic nitrogens is 4. The van der Waals surface area contributed by atoms with E-state index in [-0.39, 0.29) is 12.5 Å². The molecule has 0 aliphatic carbocycles. The van der Waals surface area contributed by atoms with Gasteiger partial charge < -0.3 is 9.80 Å². The fraction of sp³-hybridized carbons (Fsp3) is 0.318. The Kier molecular flexibility index (Phi) is 5.70. The van der Waals surface area contributed by atoms with Gasteiger partial charge in [0.1, 0.15) is 6.54 Å². The van der Waals surface area contributed by atoms with E-state index in [1.807, 2.05) is 36.1 Å². The number of nitriles is 1. The second-order valence-corrected chi connectivity index (χ2v) is 7.14. The molecule has 1 aromatic carbocycles. The van der Waals surface area contributed by atoms with Gasteiger partial charge in [0.05, 0.1) is 17.3 Å². The van der Waals surface area contributed by atoms with Crippen LogP contribution in [-0.2, 0) is 17.8 Å². The van der Waals surface area contributed by atoms with Gasteiger partial charge in [-0.05, 0) is 30.7 Å². The topological polar surface area (TPSA) is 90.9 Å². The molecular formula is C22H23N7O. The number of aryl methyl sites for hydroxylation is 1. The van der Waals surface area contributed by atoms with E-state index in [1.165, 1.54) is 0 Å². The number of nitrogens with zero attached hydrogens (tertiary/aromatic N) is 7. The normalized spacial score (nSPS) is 13.9. The summed E-state index contributed by atoms with van der Waals surface area (Å²) in [6, 6.07) is 13.3. The van der Waals surface area contributed by atoms with Crippen LogP contribution in [0.2, 0.25) is 0 Å². The molecule has 0 spiro atoms. The van der Waals surface area contributed by atoms with E-state index in [1.54, 1.807) is 29.2 Å². The largest absolute Gasteiger partial charge is 0.338 e. The highest BCUT2D eigenvalue weighted by Gasteiger charge is 2.23. The van der Waals surface area contributed by atoms with Crippen molar-refractivity contribution in [3.63, 3.8) is 0 Å². The summed E-state index contributed by atoms with van der Waals surface area (Å²) in [5.41, 5.74) is 3.25. The maximum atomic E-state index is 12.9. The summed E-state index contributed by atoms with van der Waals surface area (Å²) in [5.74, 6) is 0.757. The number of hydrogen-bond acceptors (Lipinski definition) is 6. The molecule has 1 saturated heterocycles. The lowest BCUT2D eigenvalue weighted by atomic mass is 10.1. The molecule has 8 nitrogen and oxygen atoms in total. The van der Waals surface area contributed by atoms with Crippen molar-refractivity contribution in [1.29, 1.82) is 5.26 Å². The van der Waals surface area contributed by atoms with Crippen molar-refractivity contribution < 1.29 is 4.79 Å². The first-order valence-electron chi connectivity index (χ1n) is 10.0. The monoisotopic (exact) mass is 401 g/mol. The van der Waals surface area contributed by atoms with E-state index in [4.69, 9.17) is 5.26 Å². The molecule has 2 aromatic heterocycles. The zero-order valence-electron chi connectivity index (χ0n) is 16.9. The van der Waals surface area contributed by atoms with Crippen LogP contribution in [0.5, 0.6) is 0 Å². The zero-order valence-corrected chi connectivity index (χ0v) is 16.9. The van der Waals surface area contributed by atoms with Crippen LogP contribution in [0.3, 0.4) is 0 Å². The highest BCUT2D eigenvalue weighted by Crippen LogP contribution is 2.21. The van der Waals surface area contributed by atoms with Gasteiger partial charge in [-0.2, -0.15) is 10.4 Å². The van der Waals surface area contributed by atoms with E-state index in [0.717, 1.165) is 23.4 Å². The van der Waals surface area contributed by atoms with E-state index < -0.39 is 0 Å². The molecule has 3 aromatic rings. The zero-order chi connectivity index (χ0) is 20.9. The average Bonchev–Trinajstić information content (AvgIpc) is 3.22. The molecule has 30 heavy (non-hydrogen) atoms. The minimum absolute atomic E-state index is 0.0544. The van der Waals surface area contributed by atoms with Crippen molar-refractivity contribution in [2.45, 2.75) is 19.9 Å². The number of amides is 1. The van der Waals surface area contributed by atoms with E-state index in [9.17, 15) is 4.79 Å². The molecule has 4 rings (SSSR count). The van der Waals surface area contributed by atoms with Crippen LogP contribution in [-0.4, -0.2) is 56.7 Å². The number of carbonyl (C=O) groups excluding carboxylic acids is 1. The van der Waals surface area contributed by atoms with Gasteiger partial charge in [0.15, 0.2) is 0 Å². The summed E-state index contributed by atoms with van der Waals surface area (Å²) in [7, 11) is 0. The molecule has 8 heteroatoms. The Bertz CT molecular complexity index is 1060. The first-order valence-corrected chi connectivity index (χ1v) is 10.0. The molecular weight excluding hydrogens is 378 g/mol. The van der Waals surface area contributed by atoms with Crippen molar-refractivity contribution in [3.05, 3.63) is 60.0 Å². The quantitative estimate of drug-likeness (QED) is 0.650. The predicted molar refractivity (Wildman–Crippen MR) is 113 cm³/mol. The number of anilines is 1. The van der Waals surface area contributed by atoms with Gasteiger partial charge in [0.2, 0.25) is 11.9 Å². The Balaban J connectivity index is 1.43. The SMILES string of the molecule is CCc1cc(-c2cccc(C#N)c2)nn1CC(=O)N1CCN(c2ncccn2)CC1. The second-order valence-electron chi connectivity index (χ2n) is 7.14. The number of piperazine rings is 1. The van der Waals surface area contributed by atoms with Crippen molar-refractivity contribution in [3.8, 4) is 17.3 Å². The van der Waals surface area contributed by atoms with E-state index in [0.29, 0.717) is 37.7 Å². The third-order valence-corrected chi connectivity index (χ3v) is 5.27. The van der Waals surface area contributed by atoms with Gasteiger partial charge >= 0.3 is 0 Å². The molecule has 1 aliphatic rings. The number of hydrogen-bond donors (Lipinski definition) is 0. The molecule has 0 N–H and O–H groups in total. The van der Waals surface area contributed by atoms with Crippen LogP contribution in [0.25, 0.3) is 11.3 Å². The van der Waals surface area contributed by atoms with Crippen molar-refractivity contribution in [1.82, 2.24) is 24.6 Å². The summed E-state index contributed by atoms with van der Waals surface area (Å²) in [5, 5.41) is 13.8. The lowest BCUT2D eigenvalue weighted by Gasteiger charge is -2.34. The third-order valence-electron chi connectivity index (χ3n) is 5.27. The number of carbonyl (C=O) groups is 1. The first kappa shape index (κ1) is 19.6. The summed E-state index contributed by atoms with van der Waals surface area (Å²) in [6.07, 6.45) is 4.23. The molecule has 3 heterocycles. The molecule has 1 aliphatic heterocycles. The lowest BCUT2D eigenvalue weighted by Crippen LogP contribution is -2.50. The van der Waals surface area contributed by atoms with Crippen LogP contribution in [0.4, 0.5) is 5.95 Å². The molecule has 0 atom stereocenters. The Morgan fingerprint density at radius 3 is 2.57 bits per heavy atom. The third kappa shape index (κ3) is 4.15. The van der Waals surface area contributed by atoms with Crippen LogP contribution in [0.1, 0.15) is 18.2 Å². The van der Waals surface area contributed by atoms with Gasteiger partial charge in [-0.1, -0.05) is 19.1 Å². The molecule has 1 amide bonds. The van der Waals surface area contributed by atoms with Crippen LogP contribution >= 0.6 is 0 Å². The predicted octanol–water partition coefficient (Wildman–Crippen LogP) is 2.12. The summed E-state index contributed by atoms with van der Waals surface area (Å²) < 4.78 is 1.78. The van der Waals surface area contributed by atoms with E-state index in [2.05, 4.69) is 26.0 Å². The van der Waals surface area contributed by atoms with Crippen LogP contribution in [0.15, 0.2) is 48.8 Å². The average molecular weight is 401 g/mol. The van der Waals surface area contributed by atoms with Crippen LogP contribution < -0.4 is 4.90 Å². The van der Waals surface area contributed by atoms with E-state index >= 15 is 0 Å². The first-order chi connectivity index (χ1) is 14.7. The lowest BCUT2D eigenvalue weighted by molar-refractivity contribution is -0.132. The molecule has 152 valence electrons. The minimum Gasteiger partial charge on any atom is -0.338 e. The van der Waals surface area contributed by atoms with Gasteiger partial charge in [0.25, 0.3) is 0 Å². The van der Waals surface area contributed by atoms with Crippen molar-refractivity contribution in [2.75, 3.05) is 31.1 Å². The molecule has 0 unspecified atom stereocenters. The molecule has 0 bridgehead atoms. The fourth-order valence-corrected chi connectivity index (χ4v) is 3.60.